The second kappa shape index (κ2) is 8.90. The highest BCUT2D eigenvalue weighted by Crippen LogP contribution is 2.53. The van der Waals surface area contributed by atoms with E-state index in [0.29, 0.717) is 17.1 Å². The maximum Gasteiger partial charge on any atom is 0.255 e. The normalized spacial score (nSPS) is 28.9. The van der Waals surface area contributed by atoms with E-state index in [1.54, 1.807) is 0 Å². The van der Waals surface area contributed by atoms with Crippen molar-refractivity contribution < 1.29 is 34.8 Å². The van der Waals surface area contributed by atoms with Crippen LogP contribution in [0.4, 0.5) is 0 Å². The Labute approximate surface area is 212 Å². The number of carbonyl (C=O) groups excluding carboxylic acids is 3. The second-order valence-corrected chi connectivity index (χ2v) is 10.7. The molecule has 9 nitrogen and oxygen atoms in total. The number of nitrogens with zero attached hydrogens (tertiary/aromatic N) is 1. The van der Waals surface area contributed by atoms with Gasteiger partial charge in [-0.1, -0.05) is 24.4 Å². The third-order valence-corrected chi connectivity index (χ3v) is 8.64. The third kappa shape index (κ3) is 3.64. The number of benzene rings is 1. The van der Waals surface area contributed by atoms with Crippen molar-refractivity contribution in [3.05, 3.63) is 44.7 Å². The van der Waals surface area contributed by atoms with Crippen LogP contribution in [0.5, 0.6) is 5.75 Å². The Morgan fingerprint density at radius 3 is 2.42 bits per heavy atom. The molecule has 0 bridgehead atoms. The summed E-state index contributed by atoms with van der Waals surface area (Å²) in [4.78, 5) is 40.0. The van der Waals surface area contributed by atoms with Crippen molar-refractivity contribution in [2.75, 3.05) is 13.1 Å². The number of rotatable bonds is 3. The number of hydrogen-bond donors (Lipinski definition) is 5. The highest BCUT2D eigenvalue weighted by atomic mass is 35.5. The van der Waals surface area contributed by atoms with E-state index in [0.717, 1.165) is 31.5 Å². The fraction of sp³-hybridized carbons (Fsp3) is 0.500. The van der Waals surface area contributed by atoms with Gasteiger partial charge in [-0.25, -0.2) is 0 Å². The van der Waals surface area contributed by atoms with Crippen LogP contribution in [0.25, 0.3) is 5.76 Å². The van der Waals surface area contributed by atoms with E-state index in [-0.39, 0.29) is 36.1 Å². The van der Waals surface area contributed by atoms with Gasteiger partial charge in [0, 0.05) is 29.5 Å². The minimum Gasteiger partial charge on any atom is -0.508 e. The first kappa shape index (κ1) is 24.8. The molecule has 1 aromatic carbocycles. The van der Waals surface area contributed by atoms with Crippen LogP contribution in [0.2, 0.25) is 5.02 Å². The number of hydrogen-bond acceptors (Lipinski definition) is 8. The smallest absolute Gasteiger partial charge is 0.255 e. The van der Waals surface area contributed by atoms with Crippen molar-refractivity contribution >= 4 is 34.8 Å². The molecule has 0 spiro atoms. The lowest BCUT2D eigenvalue weighted by molar-refractivity contribution is -0.147. The maximum atomic E-state index is 13.5. The zero-order valence-corrected chi connectivity index (χ0v) is 20.5. The Morgan fingerprint density at radius 1 is 1.11 bits per heavy atom. The van der Waals surface area contributed by atoms with Crippen LogP contribution >= 0.6 is 11.6 Å². The molecule has 36 heavy (non-hydrogen) atoms. The summed E-state index contributed by atoms with van der Waals surface area (Å²) in [5, 5.41) is 44.4. The van der Waals surface area contributed by atoms with E-state index in [4.69, 9.17) is 17.3 Å². The molecule has 5 rings (SSSR count). The van der Waals surface area contributed by atoms with Gasteiger partial charge in [-0.15, -0.1) is 0 Å². The predicted molar refractivity (Wildman–Crippen MR) is 130 cm³/mol. The van der Waals surface area contributed by atoms with Gasteiger partial charge >= 0.3 is 0 Å². The van der Waals surface area contributed by atoms with Crippen LogP contribution in [-0.2, 0) is 27.3 Å². The van der Waals surface area contributed by atoms with Crippen LogP contribution in [-0.4, -0.2) is 61.5 Å². The van der Waals surface area contributed by atoms with Gasteiger partial charge in [0.1, 0.15) is 22.8 Å². The van der Waals surface area contributed by atoms with Crippen molar-refractivity contribution in [3.8, 4) is 5.75 Å². The molecule has 0 radical (unpaired) electrons. The third-order valence-electron chi connectivity index (χ3n) is 8.16. The number of aliphatic hydroxyl groups excluding tert-OH is 2. The van der Waals surface area contributed by atoms with E-state index in [2.05, 4.69) is 4.90 Å². The van der Waals surface area contributed by atoms with Gasteiger partial charge in [-0.3, -0.25) is 19.3 Å². The minimum absolute atomic E-state index is 0.0201. The number of phenolic OH excluding ortho intramolecular Hbond substituents is 1. The summed E-state index contributed by atoms with van der Waals surface area (Å²) in [6, 6.07) is 1.50. The second-order valence-electron chi connectivity index (χ2n) is 10.3. The van der Waals surface area contributed by atoms with Gasteiger partial charge < -0.3 is 26.2 Å². The van der Waals surface area contributed by atoms with Gasteiger partial charge in [-0.2, -0.15) is 0 Å². The van der Waals surface area contributed by atoms with E-state index >= 15 is 0 Å². The van der Waals surface area contributed by atoms with Crippen molar-refractivity contribution in [1.29, 1.82) is 0 Å². The molecule has 3 aliphatic carbocycles. The number of carbonyl (C=O) groups is 3. The molecular formula is C26H29ClN2O7. The first-order valence-electron chi connectivity index (χ1n) is 12.3. The monoisotopic (exact) mass is 516 g/mol. The average molecular weight is 517 g/mol. The summed E-state index contributed by atoms with van der Waals surface area (Å²) in [5.74, 6) is -6.45. The molecule has 1 aliphatic heterocycles. The number of ketones is 2. The molecular weight excluding hydrogens is 488 g/mol. The van der Waals surface area contributed by atoms with E-state index in [1.807, 2.05) is 0 Å². The summed E-state index contributed by atoms with van der Waals surface area (Å²) >= 11 is 6.80. The molecule has 1 unspecified atom stereocenters. The highest BCUT2D eigenvalue weighted by molar-refractivity contribution is 6.32. The number of likely N-dealkylation sites (tertiary alicyclic amines) is 1. The standard InChI is InChI=1S/C26H29ClN2O7/c27-21-13(11-29-5-3-1-2-4-6-29)9-16(30)19-15(21)8-12-7-14-10-17(31)20(25(28)35)24(34)26(14,36)23(33)18(12)22(19)32/h9,12,14,30,32,34,36H,1-8,10-11H2,(H2,28,35)/t12?,14-,26-/m0/s1. The van der Waals surface area contributed by atoms with Crippen molar-refractivity contribution in [2.45, 2.75) is 57.1 Å². The lowest BCUT2D eigenvalue weighted by Gasteiger charge is -2.46. The Morgan fingerprint density at radius 2 is 1.78 bits per heavy atom. The largest absolute Gasteiger partial charge is 0.508 e. The zero-order valence-electron chi connectivity index (χ0n) is 19.7. The molecule has 2 fully saturated rings. The van der Waals surface area contributed by atoms with Gasteiger partial charge in [0.25, 0.3) is 5.91 Å². The highest BCUT2D eigenvalue weighted by Gasteiger charge is 2.60. The number of aromatic hydroxyl groups is 1. The fourth-order valence-electron chi connectivity index (χ4n) is 6.37. The molecule has 6 N–H and O–H groups in total. The molecule has 1 heterocycles. The lowest BCUT2D eigenvalue weighted by Crippen LogP contribution is -2.58. The summed E-state index contributed by atoms with van der Waals surface area (Å²) < 4.78 is 0. The first-order valence-corrected chi connectivity index (χ1v) is 12.7. The first-order chi connectivity index (χ1) is 17.1. The van der Waals surface area contributed by atoms with E-state index < -0.39 is 52.0 Å². The molecule has 0 aromatic heterocycles. The van der Waals surface area contributed by atoms with Crippen LogP contribution < -0.4 is 5.73 Å². The molecule has 10 heteroatoms. The summed E-state index contributed by atoms with van der Waals surface area (Å²) in [5.41, 5.74) is 2.92. The number of fused-ring (bicyclic) bond motifs is 3. The van der Waals surface area contributed by atoms with Crippen LogP contribution in [0.1, 0.15) is 55.2 Å². The van der Waals surface area contributed by atoms with Gasteiger partial charge in [0.15, 0.2) is 11.4 Å². The van der Waals surface area contributed by atoms with Crippen LogP contribution in [0, 0.1) is 11.8 Å². The molecule has 4 aliphatic rings. The molecule has 1 saturated carbocycles. The van der Waals surface area contributed by atoms with Gasteiger partial charge in [0.2, 0.25) is 5.78 Å². The lowest BCUT2D eigenvalue weighted by atomic mass is 9.59. The zero-order chi connectivity index (χ0) is 25.9. The molecule has 192 valence electrons. The predicted octanol–water partition coefficient (Wildman–Crippen LogP) is 2.45. The average Bonchev–Trinajstić information content (AvgIpc) is 3.08. The van der Waals surface area contributed by atoms with Crippen molar-refractivity contribution in [3.63, 3.8) is 0 Å². The summed E-state index contributed by atoms with van der Waals surface area (Å²) in [6.45, 7) is 2.41. The number of primary amides is 1. The SMILES string of the molecule is NC(=O)C1=C(O)[C@@]2(O)C(=O)C3=C(O)c4c(O)cc(CN5CCCCCC5)c(Cl)c4CC3C[C@H]2CC1=O. The van der Waals surface area contributed by atoms with E-state index in [1.165, 1.54) is 18.9 Å². The van der Waals surface area contributed by atoms with Crippen LogP contribution in [0.15, 0.2) is 23.0 Å². The van der Waals surface area contributed by atoms with Crippen molar-refractivity contribution in [2.24, 2.45) is 17.6 Å². The number of Topliss-reactive ketones (excluding diaryl/α,β-unsaturated/α-hetero) is 2. The number of phenols is 1. The molecule has 1 saturated heterocycles. The fourth-order valence-corrected chi connectivity index (χ4v) is 6.66. The van der Waals surface area contributed by atoms with Crippen molar-refractivity contribution in [1.82, 2.24) is 4.90 Å². The number of amides is 1. The minimum atomic E-state index is -2.57. The Bertz CT molecular complexity index is 1250. The van der Waals surface area contributed by atoms with E-state index in [9.17, 15) is 34.8 Å². The number of aliphatic hydroxyl groups is 3. The number of halogens is 1. The number of nitrogens with two attached hydrogens (primary N) is 1. The summed E-state index contributed by atoms with van der Waals surface area (Å²) in [6.07, 6.45) is 4.47. The quantitative estimate of drug-likeness (QED) is 0.383. The maximum absolute atomic E-state index is 13.5. The van der Waals surface area contributed by atoms with Crippen LogP contribution in [0.3, 0.4) is 0 Å². The topological polar surface area (TPSA) is 161 Å². The van der Waals surface area contributed by atoms with Gasteiger partial charge in [-0.05, 0) is 61.9 Å². The van der Waals surface area contributed by atoms with Gasteiger partial charge in [0.05, 0.1) is 5.56 Å². The Balaban J connectivity index is 1.58. The molecule has 1 aromatic rings. The Hall–Kier alpha value is -2.88. The molecule has 3 atom stereocenters. The summed E-state index contributed by atoms with van der Waals surface area (Å²) in [7, 11) is 0. The Kier molecular flexibility index (Phi) is 6.13. The molecule has 1 amide bonds.